The van der Waals surface area contributed by atoms with Crippen LogP contribution in [0.25, 0.3) is 0 Å². The number of aromatic nitrogens is 2. The van der Waals surface area contributed by atoms with E-state index in [1.54, 1.807) is 18.5 Å². The van der Waals surface area contributed by atoms with Crippen LogP contribution in [0, 0.1) is 0 Å². The number of rotatable bonds is 2. The Balaban J connectivity index is 0.000000671. The lowest BCUT2D eigenvalue weighted by atomic mass is 10.5. The summed E-state index contributed by atoms with van der Waals surface area (Å²) in [6.45, 7) is 5.86. The first-order valence-electron chi connectivity index (χ1n) is 4.29. The van der Waals surface area contributed by atoms with Crippen molar-refractivity contribution in [3.05, 3.63) is 24.3 Å². The van der Waals surface area contributed by atoms with Gasteiger partial charge in [-0.2, -0.15) is 0 Å². The van der Waals surface area contributed by atoms with Gasteiger partial charge in [-0.25, -0.2) is 9.97 Å². The van der Waals surface area contributed by atoms with Crippen molar-refractivity contribution in [3.63, 3.8) is 0 Å². The van der Waals surface area contributed by atoms with Gasteiger partial charge >= 0.3 is 0 Å². The van der Waals surface area contributed by atoms with Crippen molar-refractivity contribution in [2.75, 3.05) is 0 Å². The molecule has 4 nitrogen and oxygen atoms in total. The highest BCUT2D eigenvalue weighted by Gasteiger charge is 1.93. The average molecular weight is 181 g/mol. The third kappa shape index (κ3) is 5.78. The van der Waals surface area contributed by atoms with Crippen molar-refractivity contribution in [1.29, 1.82) is 0 Å². The van der Waals surface area contributed by atoms with Crippen LogP contribution in [0.1, 0.15) is 26.6 Å². The maximum Gasteiger partial charge on any atom is 0.217 e. The smallest absolute Gasteiger partial charge is 0.217 e. The molecule has 72 valence electrons. The molecule has 1 aromatic rings. The van der Waals surface area contributed by atoms with Crippen molar-refractivity contribution in [1.82, 2.24) is 15.3 Å². The van der Waals surface area contributed by atoms with E-state index in [1.165, 1.54) is 6.92 Å². The molecule has 1 amide bonds. The van der Waals surface area contributed by atoms with Crippen LogP contribution in [0.3, 0.4) is 0 Å². The zero-order chi connectivity index (χ0) is 10.1. The Hall–Kier alpha value is -1.45. The summed E-state index contributed by atoms with van der Waals surface area (Å²) in [6, 6.07) is 1.73. The van der Waals surface area contributed by atoms with E-state index >= 15 is 0 Å². The molecule has 1 heterocycles. The fourth-order valence-electron chi connectivity index (χ4n) is 0.625. The van der Waals surface area contributed by atoms with Gasteiger partial charge in [0.2, 0.25) is 5.91 Å². The Morgan fingerprint density at radius 1 is 1.38 bits per heavy atom. The molecule has 0 aliphatic heterocycles. The highest BCUT2D eigenvalue weighted by Crippen LogP contribution is 1.84. The Kier molecular flexibility index (Phi) is 6.41. The maximum absolute atomic E-state index is 10.5. The lowest BCUT2D eigenvalue weighted by molar-refractivity contribution is -0.119. The fourth-order valence-corrected chi connectivity index (χ4v) is 0.625. The second-order valence-corrected chi connectivity index (χ2v) is 2.07. The molecule has 1 aromatic heterocycles. The van der Waals surface area contributed by atoms with Crippen molar-refractivity contribution in [2.45, 2.75) is 27.3 Å². The standard InChI is InChI=1S/C7H9N3O.C2H6/c1-6(11)10-5-7-8-3-2-4-9-7;1-2/h2-4H,5H2,1H3,(H,10,11);1-2H3. The molecule has 4 heteroatoms. The SMILES string of the molecule is CC.CC(=O)NCc1ncccn1. The minimum Gasteiger partial charge on any atom is -0.349 e. The Morgan fingerprint density at radius 3 is 2.38 bits per heavy atom. The normalized spacial score (nSPS) is 8.23. The monoisotopic (exact) mass is 181 g/mol. The number of nitrogens with zero attached hydrogens (tertiary/aromatic N) is 2. The van der Waals surface area contributed by atoms with Gasteiger partial charge in [-0.3, -0.25) is 4.79 Å². The third-order valence-corrected chi connectivity index (χ3v) is 1.11. The van der Waals surface area contributed by atoms with E-state index < -0.39 is 0 Å². The van der Waals surface area contributed by atoms with Crippen LogP contribution in [-0.2, 0) is 11.3 Å². The highest BCUT2D eigenvalue weighted by molar-refractivity contribution is 5.72. The number of carbonyl (C=O) groups is 1. The summed E-state index contributed by atoms with van der Waals surface area (Å²) in [5, 5.41) is 2.60. The van der Waals surface area contributed by atoms with E-state index in [0.29, 0.717) is 12.4 Å². The molecule has 0 spiro atoms. The zero-order valence-corrected chi connectivity index (χ0v) is 8.24. The number of nitrogens with one attached hydrogen (secondary N) is 1. The summed E-state index contributed by atoms with van der Waals surface area (Å²) >= 11 is 0. The molecular weight excluding hydrogens is 166 g/mol. The lowest BCUT2D eigenvalue weighted by Gasteiger charge is -1.98. The molecule has 0 atom stereocenters. The molecule has 0 saturated carbocycles. The molecule has 0 saturated heterocycles. The summed E-state index contributed by atoms with van der Waals surface area (Å²) in [6.07, 6.45) is 3.29. The van der Waals surface area contributed by atoms with Crippen LogP contribution in [0.15, 0.2) is 18.5 Å². The largest absolute Gasteiger partial charge is 0.349 e. The minimum atomic E-state index is -0.0718. The van der Waals surface area contributed by atoms with Crippen LogP contribution >= 0.6 is 0 Å². The number of amides is 1. The predicted octanol–water partition coefficient (Wildman–Crippen LogP) is 1.14. The topological polar surface area (TPSA) is 54.9 Å². The van der Waals surface area contributed by atoms with E-state index in [4.69, 9.17) is 0 Å². The molecular formula is C9H15N3O. The van der Waals surface area contributed by atoms with Gasteiger partial charge in [0.15, 0.2) is 0 Å². The summed E-state index contributed by atoms with van der Waals surface area (Å²) in [5.41, 5.74) is 0. The molecule has 1 N–H and O–H groups in total. The van der Waals surface area contributed by atoms with Crippen LogP contribution in [0.2, 0.25) is 0 Å². The van der Waals surface area contributed by atoms with Gasteiger partial charge < -0.3 is 5.32 Å². The number of hydrogen-bond donors (Lipinski definition) is 1. The molecule has 1 rings (SSSR count). The van der Waals surface area contributed by atoms with E-state index in [1.807, 2.05) is 13.8 Å². The summed E-state index contributed by atoms with van der Waals surface area (Å²) in [7, 11) is 0. The van der Waals surface area contributed by atoms with Gasteiger partial charge in [0, 0.05) is 19.3 Å². The van der Waals surface area contributed by atoms with Gasteiger partial charge in [-0.1, -0.05) is 13.8 Å². The third-order valence-electron chi connectivity index (χ3n) is 1.11. The van der Waals surface area contributed by atoms with E-state index in [2.05, 4.69) is 15.3 Å². The Labute approximate surface area is 78.4 Å². The van der Waals surface area contributed by atoms with E-state index in [-0.39, 0.29) is 5.91 Å². The minimum absolute atomic E-state index is 0.0718. The molecule has 0 aliphatic carbocycles. The second kappa shape index (κ2) is 7.21. The summed E-state index contributed by atoms with van der Waals surface area (Å²) in [5.74, 6) is 0.556. The Morgan fingerprint density at radius 2 is 1.92 bits per heavy atom. The molecule has 0 fully saturated rings. The van der Waals surface area contributed by atoms with Crippen LogP contribution in [0.5, 0.6) is 0 Å². The molecule has 0 aromatic carbocycles. The molecule has 0 unspecified atom stereocenters. The lowest BCUT2D eigenvalue weighted by Crippen LogP contribution is -2.20. The van der Waals surface area contributed by atoms with Gasteiger partial charge in [0.05, 0.1) is 6.54 Å². The molecule has 0 radical (unpaired) electrons. The predicted molar refractivity (Wildman–Crippen MR) is 50.9 cm³/mol. The average Bonchev–Trinajstić information content (AvgIpc) is 2.19. The van der Waals surface area contributed by atoms with Crippen molar-refractivity contribution in [2.24, 2.45) is 0 Å². The van der Waals surface area contributed by atoms with E-state index in [9.17, 15) is 4.79 Å². The van der Waals surface area contributed by atoms with Gasteiger partial charge in [0.25, 0.3) is 0 Å². The molecule has 0 bridgehead atoms. The first-order valence-corrected chi connectivity index (χ1v) is 4.29. The first kappa shape index (κ1) is 11.6. The van der Waals surface area contributed by atoms with Crippen molar-refractivity contribution < 1.29 is 4.79 Å². The Bertz CT molecular complexity index is 236. The van der Waals surface area contributed by atoms with Crippen molar-refractivity contribution >= 4 is 5.91 Å². The van der Waals surface area contributed by atoms with E-state index in [0.717, 1.165) is 0 Å². The second-order valence-electron chi connectivity index (χ2n) is 2.07. The van der Waals surface area contributed by atoms with Crippen LogP contribution < -0.4 is 5.32 Å². The van der Waals surface area contributed by atoms with Gasteiger partial charge in [0.1, 0.15) is 5.82 Å². The number of hydrogen-bond acceptors (Lipinski definition) is 3. The fraction of sp³-hybridized carbons (Fsp3) is 0.444. The van der Waals surface area contributed by atoms with Crippen molar-refractivity contribution in [3.8, 4) is 0 Å². The first-order chi connectivity index (χ1) is 6.29. The van der Waals surface area contributed by atoms with Gasteiger partial charge in [-0.15, -0.1) is 0 Å². The number of carbonyl (C=O) groups excluding carboxylic acids is 1. The zero-order valence-electron chi connectivity index (χ0n) is 8.24. The molecule has 13 heavy (non-hydrogen) atoms. The van der Waals surface area contributed by atoms with Gasteiger partial charge in [-0.05, 0) is 6.07 Å². The highest BCUT2D eigenvalue weighted by atomic mass is 16.1. The quantitative estimate of drug-likeness (QED) is 0.744. The molecule has 0 aliphatic rings. The van der Waals surface area contributed by atoms with Crippen LogP contribution in [-0.4, -0.2) is 15.9 Å². The summed E-state index contributed by atoms with van der Waals surface area (Å²) in [4.78, 5) is 18.3. The maximum atomic E-state index is 10.5. The van der Waals surface area contributed by atoms with Crippen LogP contribution in [0.4, 0.5) is 0 Å². The summed E-state index contributed by atoms with van der Waals surface area (Å²) < 4.78 is 0.